The fraction of sp³-hybridized carbons (Fsp3) is 0.318. The SMILES string of the molecule is CCC(C)(c1cccc2ccn3c4ccccc4nc3c12)C(C)C. The van der Waals surface area contributed by atoms with Gasteiger partial charge in [-0.25, -0.2) is 4.98 Å². The van der Waals surface area contributed by atoms with Crippen LogP contribution in [0.4, 0.5) is 0 Å². The highest BCUT2D eigenvalue weighted by Gasteiger charge is 2.31. The van der Waals surface area contributed by atoms with E-state index < -0.39 is 0 Å². The molecule has 122 valence electrons. The van der Waals surface area contributed by atoms with Crippen molar-refractivity contribution in [2.45, 2.75) is 39.5 Å². The number of hydrogen-bond acceptors (Lipinski definition) is 1. The molecule has 0 N–H and O–H groups in total. The summed E-state index contributed by atoms with van der Waals surface area (Å²) in [4.78, 5) is 4.97. The molecule has 0 aliphatic rings. The third-order valence-corrected chi connectivity index (χ3v) is 5.94. The quantitative estimate of drug-likeness (QED) is 0.455. The molecule has 0 radical (unpaired) electrons. The molecule has 1 unspecified atom stereocenters. The van der Waals surface area contributed by atoms with Crippen molar-refractivity contribution in [3.63, 3.8) is 0 Å². The van der Waals surface area contributed by atoms with Crippen molar-refractivity contribution in [3.8, 4) is 0 Å². The Bertz CT molecular complexity index is 1040. The van der Waals surface area contributed by atoms with Gasteiger partial charge in [-0.3, -0.25) is 4.40 Å². The summed E-state index contributed by atoms with van der Waals surface area (Å²) in [7, 11) is 0. The number of aromatic nitrogens is 2. The van der Waals surface area contributed by atoms with Crippen molar-refractivity contribution >= 4 is 27.5 Å². The molecule has 0 saturated carbocycles. The lowest BCUT2D eigenvalue weighted by Gasteiger charge is -2.34. The first kappa shape index (κ1) is 15.2. The summed E-state index contributed by atoms with van der Waals surface area (Å²) < 4.78 is 2.23. The van der Waals surface area contributed by atoms with E-state index in [4.69, 9.17) is 4.98 Å². The van der Waals surface area contributed by atoms with Gasteiger partial charge in [-0.1, -0.05) is 58.0 Å². The Morgan fingerprint density at radius 3 is 2.58 bits per heavy atom. The average Bonchev–Trinajstić information content (AvgIpc) is 2.99. The second kappa shape index (κ2) is 5.34. The Balaban J connectivity index is 2.19. The zero-order chi connectivity index (χ0) is 16.9. The molecule has 2 heterocycles. The minimum Gasteiger partial charge on any atom is -0.299 e. The van der Waals surface area contributed by atoms with Gasteiger partial charge in [0.25, 0.3) is 0 Å². The maximum atomic E-state index is 4.97. The maximum Gasteiger partial charge on any atom is 0.146 e. The van der Waals surface area contributed by atoms with Crippen LogP contribution in [0.2, 0.25) is 0 Å². The van der Waals surface area contributed by atoms with Crippen LogP contribution < -0.4 is 0 Å². The molecule has 2 aromatic carbocycles. The number of para-hydroxylation sites is 2. The molecule has 0 spiro atoms. The number of hydrogen-bond donors (Lipinski definition) is 0. The van der Waals surface area contributed by atoms with Crippen LogP contribution in [0.1, 0.15) is 39.7 Å². The van der Waals surface area contributed by atoms with Crippen molar-refractivity contribution in [1.82, 2.24) is 9.38 Å². The lowest BCUT2D eigenvalue weighted by molar-refractivity contribution is 0.329. The molecule has 24 heavy (non-hydrogen) atoms. The zero-order valence-corrected chi connectivity index (χ0v) is 14.9. The molecule has 0 aliphatic carbocycles. The molecule has 4 aromatic rings. The molecule has 2 aromatic heterocycles. The van der Waals surface area contributed by atoms with E-state index in [1.165, 1.54) is 21.9 Å². The lowest BCUT2D eigenvalue weighted by atomic mass is 9.70. The van der Waals surface area contributed by atoms with Crippen LogP contribution >= 0.6 is 0 Å². The summed E-state index contributed by atoms with van der Waals surface area (Å²) in [6, 6.07) is 17.3. The number of nitrogens with zero attached hydrogens (tertiary/aromatic N) is 2. The molecule has 0 aliphatic heterocycles. The van der Waals surface area contributed by atoms with Crippen LogP contribution in [0.15, 0.2) is 54.7 Å². The molecule has 2 nitrogen and oxygen atoms in total. The van der Waals surface area contributed by atoms with E-state index in [-0.39, 0.29) is 5.41 Å². The average molecular weight is 316 g/mol. The molecule has 0 saturated heterocycles. The second-order valence-electron chi connectivity index (χ2n) is 7.31. The summed E-state index contributed by atoms with van der Waals surface area (Å²) in [5, 5.41) is 2.57. The van der Waals surface area contributed by atoms with Crippen molar-refractivity contribution in [1.29, 1.82) is 0 Å². The first-order valence-corrected chi connectivity index (χ1v) is 8.85. The summed E-state index contributed by atoms with van der Waals surface area (Å²) in [6.45, 7) is 9.33. The number of benzene rings is 2. The third-order valence-electron chi connectivity index (χ3n) is 5.94. The normalized spacial score (nSPS) is 14.7. The minimum absolute atomic E-state index is 0.138. The predicted octanol–water partition coefficient (Wildman–Crippen LogP) is 5.96. The molecule has 0 fully saturated rings. The number of pyridine rings is 1. The summed E-state index contributed by atoms with van der Waals surface area (Å²) >= 11 is 0. The number of imidazole rings is 1. The van der Waals surface area contributed by atoms with Crippen molar-refractivity contribution in [3.05, 3.63) is 60.3 Å². The first-order chi connectivity index (χ1) is 11.6. The maximum absolute atomic E-state index is 4.97. The van der Waals surface area contributed by atoms with Crippen LogP contribution in [0.25, 0.3) is 27.5 Å². The van der Waals surface area contributed by atoms with Gasteiger partial charge in [0.05, 0.1) is 11.0 Å². The van der Waals surface area contributed by atoms with E-state index in [2.05, 4.69) is 86.8 Å². The minimum atomic E-state index is 0.138. The van der Waals surface area contributed by atoms with Gasteiger partial charge in [-0.05, 0) is 46.9 Å². The van der Waals surface area contributed by atoms with Crippen LogP contribution in [-0.4, -0.2) is 9.38 Å². The van der Waals surface area contributed by atoms with E-state index in [0.29, 0.717) is 5.92 Å². The third kappa shape index (κ3) is 1.99. The van der Waals surface area contributed by atoms with Crippen LogP contribution in [-0.2, 0) is 5.41 Å². The largest absolute Gasteiger partial charge is 0.299 e. The van der Waals surface area contributed by atoms with Gasteiger partial charge in [0.1, 0.15) is 5.65 Å². The highest BCUT2D eigenvalue weighted by atomic mass is 15.0. The topological polar surface area (TPSA) is 17.3 Å². The molecule has 0 bridgehead atoms. The van der Waals surface area contributed by atoms with Crippen molar-refractivity contribution in [2.24, 2.45) is 5.92 Å². The van der Waals surface area contributed by atoms with E-state index in [1.807, 2.05) is 0 Å². The Labute approximate surface area is 143 Å². The Morgan fingerprint density at radius 1 is 1.04 bits per heavy atom. The smallest absolute Gasteiger partial charge is 0.146 e. The number of fused-ring (bicyclic) bond motifs is 5. The standard InChI is InChI=1S/C22H24N2/c1-5-22(4,15(2)3)17-10-8-9-16-13-14-24-19-12-7-6-11-18(19)23-21(24)20(16)17/h6-15H,5H2,1-4H3. The van der Waals surface area contributed by atoms with E-state index in [0.717, 1.165) is 17.6 Å². The molecular formula is C22H24N2. The van der Waals surface area contributed by atoms with Crippen molar-refractivity contribution in [2.75, 3.05) is 0 Å². The summed E-state index contributed by atoms with van der Waals surface area (Å²) in [5.41, 5.74) is 4.86. The molecular weight excluding hydrogens is 292 g/mol. The fourth-order valence-corrected chi connectivity index (χ4v) is 3.87. The van der Waals surface area contributed by atoms with Gasteiger partial charge >= 0.3 is 0 Å². The van der Waals surface area contributed by atoms with E-state index >= 15 is 0 Å². The van der Waals surface area contributed by atoms with Crippen LogP contribution in [0.5, 0.6) is 0 Å². The Hall–Kier alpha value is -2.35. The molecule has 1 atom stereocenters. The van der Waals surface area contributed by atoms with E-state index in [9.17, 15) is 0 Å². The van der Waals surface area contributed by atoms with Gasteiger partial charge in [0.2, 0.25) is 0 Å². The van der Waals surface area contributed by atoms with Gasteiger partial charge in [-0.2, -0.15) is 0 Å². The summed E-state index contributed by atoms with van der Waals surface area (Å²) in [5.74, 6) is 0.567. The highest BCUT2D eigenvalue weighted by Crippen LogP contribution is 2.40. The van der Waals surface area contributed by atoms with Gasteiger partial charge in [-0.15, -0.1) is 0 Å². The van der Waals surface area contributed by atoms with Crippen LogP contribution in [0.3, 0.4) is 0 Å². The zero-order valence-electron chi connectivity index (χ0n) is 14.9. The van der Waals surface area contributed by atoms with E-state index in [1.54, 1.807) is 0 Å². The Morgan fingerprint density at radius 2 is 1.83 bits per heavy atom. The number of rotatable bonds is 3. The van der Waals surface area contributed by atoms with Gasteiger partial charge in [0, 0.05) is 11.6 Å². The summed E-state index contributed by atoms with van der Waals surface area (Å²) in [6.07, 6.45) is 3.26. The monoisotopic (exact) mass is 316 g/mol. The van der Waals surface area contributed by atoms with Gasteiger partial charge in [0.15, 0.2) is 0 Å². The van der Waals surface area contributed by atoms with Gasteiger partial charge < -0.3 is 0 Å². The Kier molecular flexibility index (Phi) is 3.38. The first-order valence-electron chi connectivity index (χ1n) is 8.85. The molecule has 0 amide bonds. The predicted molar refractivity (Wildman–Crippen MR) is 103 cm³/mol. The highest BCUT2D eigenvalue weighted by molar-refractivity contribution is 6.00. The lowest BCUT2D eigenvalue weighted by Crippen LogP contribution is -2.28. The molecule has 4 rings (SSSR count). The van der Waals surface area contributed by atoms with Crippen LogP contribution in [0, 0.1) is 5.92 Å². The second-order valence-corrected chi connectivity index (χ2v) is 7.31. The fourth-order valence-electron chi connectivity index (χ4n) is 3.87. The molecule has 2 heteroatoms. The van der Waals surface area contributed by atoms with Crippen molar-refractivity contribution < 1.29 is 0 Å².